The minimum Gasteiger partial charge on any atom is -0.0622 e. The molecule has 2 saturated carbocycles. The monoisotopic (exact) mass is 200 g/mol. The van der Waals surface area contributed by atoms with E-state index in [0.717, 1.165) is 23.7 Å². The van der Waals surface area contributed by atoms with Crippen LogP contribution in [0.3, 0.4) is 0 Å². The molecule has 0 nitrogen and oxygen atoms in total. The first-order valence-corrected chi connectivity index (χ1v) is 6.38. The van der Waals surface area contributed by atoms with Crippen LogP contribution in [-0.4, -0.2) is 0 Å². The molecular weight excluding hydrogens is 180 g/mol. The van der Waals surface area contributed by atoms with E-state index < -0.39 is 0 Å². The van der Waals surface area contributed by atoms with Crippen molar-refractivity contribution in [2.75, 3.05) is 0 Å². The van der Waals surface area contributed by atoms with Gasteiger partial charge in [-0.2, -0.15) is 0 Å². The summed E-state index contributed by atoms with van der Waals surface area (Å²) in [6, 6.07) is 11.1. The molecular formula is C15H20. The maximum Gasteiger partial charge on any atom is -0.0157 e. The minimum absolute atomic E-state index is 0.861. The predicted octanol–water partition coefficient (Wildman–Crippen LogP) is 4.23. The third-order valence-corrected chi connectivity index (χ3v) is 4.62. The molecule has 0 heterocycles. The fourth-order valence-corrected chi connectivity index (χ4v) is 3.86. The molecule has 4 atom stereocenters. The average molecular weight is 200 g/mol. The zero-order valence-electron chi connectivity index (χ0n) is 9.52. The Hall–Kier alpha value is -0.780. The SMILES string of the molecule is C[C@@H]1CC2C[C@H](c3ccccc3)C[C@@H]1C2. The molecule has 2 bridgehead atoms. The second-order valence-electron chi connectivity index (χ2n) is 5.65. The van der Waals surface area contributed by atoms with Gasteiger partial charge < -0.3 is 0 Å². The first kappa shape index (κ1) is 9.45. The number of benzene rings is 1. The van der Waals surface area contributed by atoms with E-state index in [0.29, 0.717) is 0 Å². The summed E-state index contributed by atoms with van der Waals surface area (Å²) >= 11 is 0. The van der Waals surface area contributed by atoms with Crippen molar-refractivity contribution in [3.8, 4) is 0 Å². The van der Waals surface area contributed by atoms with Gasteiger partial charge in [-0.25, -0.2) is 0 Å². The zero-order chi connectivity index (χ0) is 10.3. The Morgan fingerprint density at radius 3 is 2.47 bits per heavy atom. The normalized spacial score (nSPS) is 39.3. The Morgan fingerprint density at radius 2 is 1.73 bits per heavy atom. The van der Waals surface area contributed by atoms with E-state index >= 15 is 0 Å². The fraction of sp³-hybridized carbons (Fsp3) is 0.600. The Morgan fingerprint density at radius 1 is 0.933 bits per heavy atom. The molecule has 0 spiro atoms. The van der Waals surface area contributed by atoms with Crippen molar-refractivity contribution in [2.24, 2.45) is 17.8 Å². The van der Waals surface area contributed by atoms with Crippen LogP contribution in [0.2, 0.25) is 0 Å². The van der Waals surface area contributed by atoms with Crippen molar-refractivity contribution < 1.29 is 0 Å². The van der Waals surface area contributed by atoms with E-state index in [-0.39, 0.29) is 0 Å². The molecule has 2 aliphatic rings. The van der Waals surface area contributed by atoms with Gasteiger partial charge in [-0.05, 0) is 54.9 Å². The molecule has 1 aromatic rings. The maximum atomic E-state index is 2.46. The summed E-state index contributed by atoms with van der Waals surface area (Å²) in [4.78, 5) is 0. The summed E-state index contributed by atoms with van der Waals surface area (Å²) < 4.78 is 0. The molecule has 15 heavy (non-hydrogen) atoms. The third-order valence-electron chi connectivity index (χ3n) is 4.62. The van der Waals surface area contributed by atoms with Crippen LogP contribution in [0.5, 0.6) is 0 Å². The van der Waals surface area contributed by atoms with Gasteiger partial charge in [-0.15, -0.1) is 0 Å². The fourth-order valence-electron chi connectivity index (χ4n) is 3.86. The first-order chi connectivity index (χ1) is 7.33. The number of rotatable bonds is 1. The summed E-state index contributed by atoms with van der Waals surface area (Å²) in [5.41, 5.74) is 1.58. The van der Waals surface area contributed by atoms with Crippen molar-refractivity contribution in [3.05, 3.63) is 35.9 Å². The molecule has 2 aliphatic carbocycles. The third kappa shape index (κ3) is 1.71. The lowest BCUT2D eigenvalue weighted by molar-refractivity contribution is 0.300. The highest BCUT2D eigenvalue weighted by atomic mass is 14.4. The highest BCUT2D eigenvalue weighted by molar-refractivity contribution is 5.20. The van der Waals surface area contributed by atoms with Gasteiger partial charge in [0.05, 0.1) is 0 Å². The van der Waals surface area contributed by atoms with Crippen molar-refractivity contribution in [1.29, 1.82) is 0 Å². The molecule has 0 aliphatic heterocycles. The summed E-state index contributed by atoms with van der Waals surface area (Å²) in [7, 11) is 0. The second kappa shape index (κ2) is 3.66. The van der Waals surface area contributed by atoms with E-state index in [1.54, 1.807) is 5.56 Å². The minimum atomic E-state index is 0.861. The number of hydrogen-bond donors (Lipinski definition) is 0. The van der Waals surface area contributed by atoms with Gasteiger partial charge in [0.1, 0.15) is 0 Å². The van der Waals surface area contributed by atoms with Crippen LogP contribution in [-0.2, 0) is 0 Å². The molecule has 0 radical (unpaired) electrons. The van der Waals surface area contributed by atoms with Crippen molar-refractivity contribution >= 4 is 0 Å². The van der Waals surface area contributed by atoms with Gasteiger partial charge in [-0.3, -0.25) is 0 Å². The summed E-state index contributed by atoms with van der Waals surface area (Å²) in [5.74, 6) is 3.90. The van der Waals surface area contributed by atoms with Crippen LogP contribution >= 0.6 is 0 Å². The molecule has 80 valence electrons. The van der Waals surface area contributed by atoms with E-state index in [9.17, 15) is 0 Å². The molecule has 1 aromatic carbocycles. The van der Waals surface area contributed by atoms with Gasteiger partial charge >= 0.3 is 0 Å². The van der Waals surface area contributed by atoms with Crippen molar-refractivity contribution in [2.45, 2.75) is 38.5 Å². The van der Waals surface area contributed by atoms with Crippen LogP contribution < -0.4 is 0 Å². The Bertz CT molecular complexity index is 325. The topological polar surface area (TPSA) is 0 Å². The van der Waals surface area contributed by atoms with Gasteiger partial charge in [-0.1, -0.05) is 37.3 Å². The molecule has 2 fully saturated rings. The van der Waals surface area contributed by atoms with Gasteiger partial charge in [0.25, 0.3) is 0 Å². The van der Waals surface area contributed by atoms with E-state index in [2.05, 4.69) is 37.3 Å². The summed E-state index contributed by atoms with van der Waals surface area (Å²) in [6.45, 7) is 2.46. The standard InChI is InChI=1S/C15H20/c1-11-7-12-8-14(11)10-15(9-12)13-5-3-2-4-6-13/h2-6,11-12,14-15H,7-10H2,1H3/t11-,12?,14+,15+/m1/s1. The first-order valence-electron chi connectivity index (χ1n) is 6.38. The van der Waals surface area contributed by atoms with Crippen LogP contribution in [0.25, 0.3) is 0 Å². The second-order valence-corrected chi connectivity index (χ2v) is 5.65. The molecule has 0 N–H and O–H groups in total. The predicted molar refractivity (Wildman–Crippen MR) is 63.8 cm³/mol. The lowest BCUT2D eigenvalue weighted by Crippen LogP contribution is -2.15. The maximum absolute atomic E-state index is 2.46. The summed E-state index contributed by atoms with van der Waals surface area (Å²) in [5, 5.41) is 0. The molecule has 0 aromatic heterocycles. The van der Waals surface area contributed by atoms with E-state index in [1.807, 2.05) is 0 Å². The van der Waals surface area contributed by atoms with Crippen LogP contribution in [0.4, 0.5) is 0 Å². The van der Waals surface area contributed by atoms with Gasteiger partial charge in [0.2, 0.25) is 0 Å². The van der Waals surface area contributed by atoms with Crippen LogP contribution in [0.15, 0.2) is 30.3 Å². The Kier molecular flexibility index (Phi) is 2.31. The molecule has 3 rings (SSSR count). The van der Waals surface area contributed by atoms with E-state index in [1.165, 1.54) is 25.7 Å². The Labute approximate surface area is 92.7 Å². The van der Waals surface area contributed by atoms with Crippen molar-refractivity contribution in [1.82, 2.24) is 0 Å². The largest absolute Gasteiger partial charge is 0.0622 e. The quantitative estimate of drug-likeness (QED) is 0.636. The van der Waals surface area contributed by atoms with Gasteiger partial charge in [0.15, 0.2) is 0 Å². The number of hydrogen-bond acceptors (Lipinski definition) is 0. The average Bonchev–Trinajstić information content (AvgIpc) is 2.54. The zero-order valence-corrected chi connectivity index (χ0v) is 9.52. The lowest BCUT2D eigenvalue weighted by atomic mass is 9.77. The highest BCUT2D eigenvalue weighted by Gasteiger charge is 2.38. The molecule has 1 unspecified atom stereocenters. The molecule has 0 saturated heterocycles. The summed E-state index contributed by atoms with van der Waals surface area (Å²) in [6.07, 6.45) is 5.91. The van der Waals surface area contributed by atoms with Crippen LogP contribution in [0, 0.1) is 17.8 Å². The van der Waals surface area contributed by atoms with E-state index in [4.69, 9.17) is 0 Å². The highest BCUT2D eigenvalue weighted by Crippen LogP contribution is 2.50. The molecule has 0 heteroatoms. The number of fused-ring (bicyclic) bond motifs is 2. The smallest absolute Gasteiger partial charge is 0.0157 e. The van der Waals surface area contributed by atoms with Crippen LogP contribution in [0.1, 0.15) is 44.1 Å². The van der Waals surface area contributed by atoms with Gasteiger partial charge in [0, 0.05) is 0 Å². The Balaban J connectivity index is 1.80. The lowest BCUT2D eigenvalue weighted by Gasteiger charge is -2.28. The van der Waals surface area contributed by atoms with Crippen molar-refractivity contribution in [3.63, 3.8) is 0 Å². The molecule has 0 amide bonds.